The van der Waals surface area contributed by atoms with E-state index in [1.807, 2.05) is 10.7 Å². The number of fused-ring (bicyclic) bond motifs is 1. The van der Waals surface area contributed by atoms with Crippen LogP contribution in [0.2, 0.25) is 0 Å². The molecule has 20 heavy (non-hydrogen) atoms. The highest BCUT2D eigenvalue weighted by atomic mass is 32.1. The van der Waals surface area contributed by atoms with Gasteiger partial charge in [-0.15, -0.1) is 11.3 Å². The maximum absolute atomic E-state index is 4.65. The van der Waals surface area contributed by atoms with Crippen LogP contribution in [0.3, 0.4) is 0 Å². The van der Waals surface area contributed by atoms with Gasteiger partial charge in [-0.1, -0.05) is 19.1 Å². The first-order valence-corrected chi connectivity index (χ1v) is 7.66. The predicted molar refractivity (Wildman–Crippen MR) is 83.1 cm³/mol. The lowest BCUT2D eigenvalue weighted by Gasteiger charge is -1.98. The number of aryl methyl sites for hydroxylation is 1. The molecule has 0 spiro atoms. The second-order valence-corrected chi connectivity index (χ2v) is 5.91. The van der Waals surface area contributed by atoms with Gasteiger partial charge in [-0.05, 0) is 25.6 Å². The van der Waals surface area contributed by atoms with E-state index in [1.165, 1.54) is 10.3 Å². The van der Waals surface area contributed by atoms with Gasteiger partial charge in [-0.3, -0.25) is 4.68 Å². The molecule has 0 saturated heterocycles. The van der Waals surface area contributed by atoms with Crippen LogP contribution in [0.5, 0.6) is 0 Å². The van der Waals surface area contributed by atoms with Crippen LogP contribution in [0, 0.1) is 6.92 Å². The van der Waals surface area contributed by atoms with E-state index in [1.54, 1.807) is 11.3 Å². The molecule has 0 aliphatic rings. The number of hydrogen-bond donors (Lipinski definition) is 1. The molecule has 0 aliphatic carbocycles. The number of para-hydroxylation sites is 1. The second-order valence-electron chi connectivity index (χ2n) is 4.79. The predicted octanol–water partition coefficient (Wildman–Crippen LogP) is 2.96. The lowest BCUT2D eigenvalue weighted by Crippen LogP contribution is -2.11. The van der Waals surface area contributed by atoms with Gasteiger partial charge in [0, 0.05) is 18.3 Å². The molecule has 104 valence electrons. The molecule has 2 aromatic heterocycles. The van der Waals surface area contributed by atoms with Gasteiger partial charge in [0.15, 0.2) is 0 Å². The van der Waals surface area contributed by atoms with Crippen LogP contribution in [-0.4, -0.2) is 21.3 Å². The third-order valence-corrected chi connectivity index (χ3v) is 4.27. The minimum Gasteiger partial charge on any atom is -0.313 e. The van der Waals surface area contributed by atoms with E-state index in [-0.39, 0.29) is 0 Å². The summed E-state index contributed by atoms with van der Waals surface area (Å²) in [5, 5.41) is 9.01. The topological polar surface area (TPSA) is 42.7 Å². The van der Waals surface area contributed by atoms with Crippen molar-refractivity contribution in [1.82, 2.24) is 20.1 Å². The normalized spacial score (nSPS) is 11.3. The van der Waals surface area contributed by atoms with Crippen molar-refractivity contribution in [2.75, 3.05) is 6.54 Å². The molecule has 0 aliphatic heterocycles. The van der Waals surface area contributed by atoms with Crippen molar-refractivity contribution >= 4 is 21.6 Å². The van der Waals surface area contributed by atoms with Crippen LogP contribution in [0.15, 0.2) is 30.5 Å². The SMILES string of the molecule is CCNCc1cn(Cc2nc3ccccc3s2)nc1C. The van der Waals surface area contributed by atoms with Crippen LogP contribution in [0.4, 0.5) is 0 Å². The minimum atomic E-state index is 0.742. The Balaban J connectivity index is 1.80. The van der Waals surface area contributed by atoms with Gasteiger partial charge in [0.2, 0.25) is 0 Å². The van der Waals surface area contributed by atoms with Gasteiger partial charge in [0.05, 0.1) is 22.5 Å². The molecule has 0 saturated carbocycles. The van der Waals surface area contributed by atoms with E-state index < -0.39 is 0 Å². The molecule has 0 atom stereocenters. The van der Waals surface area contributed by atoms with E-state index in [9.17, 15) is 0 Å². The summed E-state index contributed by atoms with van der Waals surface area (Å²) in [6, 6.07) is 8.25. The number of hydrogen-bond acceptors (Lipinski definition) is 4. The Morgan fingerprint density at radius 2 is 2.15 bits per heavy atom. The molecule has 3 rings (SSSR count). The maximum atomic E-state index is 4.65. The molecule has 1 N–H and O–H groups in total. The fourth-order valence-electron chi connectivity index (χ4n) is 2.20. The van der Waals surface area contributed by atoms with Crippen molar-refractivity contribution in [2.24, 2.45) is 0 Å². The summed E-state index contributed by atoms with van der Waals surface area (Å²) in [7, 11) is 0. The molecule has 1 aromatic carbocycles. The minimum absolute atomic E-state index is 0.742. The average molecular weight is 286 g/mol. The van der Waals surface area contributed by atoms with Crippen LogP contribution in [-0.2, 0) is 13.1 Å². The highest BCUT2D eigenvalue weighted by molar-refractivity contribution is 7.18. The highest BCUT2D eigenvalue weighted by Crippen LogP contribution is 2.22. The molecular weight excluding hydrogens is 268 g/mol. The van der Waals surface area contributed by atoms with Gasteiger partial charge in [0.25, 0.3) is 0 Å². The van der Waals surface area contributed by atoms with E-state index in [4.69, 9.17) is 0 Å². The Hall–Kier alpha value is -1.72. The zero-order valence-corrected chi connectivity index (χ0v) is 12.6. The van der Waals surface area contributed by atoms with Gasteiger partial charge >= 0.3 is 0 Å². The van der Waals surface area contributed by atoms with Crippen LogP contribution in [0.25, 0.3) is 10.2 Å². The molecule has 0 bridgehead atoms. The smallest absolute Gasteiger partial charge is 0.115 e. The summed E-state index contributed by atoms with van der Waals surface area (Å²) in [5.74, 6) is 0. The average Bonchev–Trinajstić information content (AvgIpc) is 2.99. The fraction of sp³-hybridized carbons (Fsp3) is 0.333. The summed E-state index contributed by atoms with van der Waals surface area (Å²) < 4.78 is 3.22. The van der Waals surface area contributed by atoms with Crippen molar-refractivity contribution in [3.8, 4) is 0 Å². The van der Waals surface area contributed by atoms with Gasteiger partial charge < -0.3 is 5.32 Å². The molecule has 0 unspecified atom stereocenters. The van der Waals surface area contributed by atoms with E-state index >= 15 is 0 Å². The highest BCUT2D eigenvalue weighted by Gasteiger charge is 2.07. The number of rotatable bonds is 5. The van der Waals surface area contributed by atoms with Crippen LogP contribution < -0.4 is 5.32 Å². The van der Waals surface area contributed by atoms with E-state index in [0.717, 1.165) is 35.9 Å². The molecule has 0 radical (unpaired) electrons. The first-order chi connectivity index (χ1) is 9.76. The zero-order valence-electron chi connectivity index (χ0n) is 11.8. The molecule has 2 heterocycles. The van der Waals surface area contributed by atoms with Gasteiger partial charge in [-0.2, -0.15) is 5.10 Å². The third kappa shape index (κ3) is 2.73. The Kier molecular flexibility index (Phi) is 3.80. The standard InChI is InChI=1S/C15H18N4S/c1-3-16-8-12-9-19(18-11(12)2)10-15-17-13-6-4-5-7-14(13)20-15/h4-7,9,16H,3,8,10H2,1-2H3. The van der Waals surface area contributed by atoms with E-state index in [0.29, 0.717) is 0 Å². The van der Waals surface area contributed by atoms with Crippen molar-refractivity contribution in [1.29, 1.82) is 0 Å². The van der Waals surface area contributed by atoms with Crippen molar-refractivity contribution in [3.05, 3.63) is 46.7 Å². The van der Waals surface area contributed by atoms with Crippen LogP contribution in [0.1, 0.15) is 23.2 Å². The number of nitrogens with zero attached hydrogens (tertiary/aromatic N) is 3. The largest absolute Gasteiger partial charge is 0.313 e. The number of nitrogens with one attached hydrogen (secondary N) is 1. The lowest BCUT2D eigenvalue weighted by atomic mass is 10.2. The third-order valence-electron chi connectivity index (χ3n) is 3.25. The Morgan fingerprint density at radius 3 is 2.95 bits per heavy atom. The van der Waals surface area contributed by atoms with Gasteiger partial charge in [-0.25, -0.2) is 4.98 Å². The quantitative estimate of drug-likeness (QED) is 0.784. The Bertz CT molecular complexity index is 681. The van der Waals surface area contributed by atoms with E-state index in [2.05, 4.69) is 53.6 Å². The lowest BCUT2D eigenvalue weighted by molar-refractivity contribution is 0.676. The summed E-state index contributed by atoms with van der Waals surface area (Å²) in [6.45, 7) is 6.76. The first-order valence-electron chi connectivity index (χ1n) is 6.84. The molecule has 3 aromatic rings. The summed E-state index contributed by atoms with van der Waals surface area (Å²) >= 11 is 1.74. The van der Waals surface area contributed by atoms with Crippen molar-refractivity contribution in [3.63, 3.8) is 0 Å². The molecule has 0 fully saturated rings. The molecule has 0 amide bonds. The monoisotopic (exact) mass is 286 g/mol. The van der Waals surface area contributed by atoms with Gasteiger partial charge in [0.1, 0.15) is 5.01 Å². The summed E-state index contributed by atoms with van der Waals surface area (Å²) in [5.41, 5.74) is 3.42. The second kappa shape index (κ2) is 5.73. The zero-order chi connectivity index (χ0) is 13.9. The molecule has 5 heteroatoms. The molecular formula is C15H18N4S. The Labute approximate surface area is 122 Å². The fourth-order valence-corrected chi connectivity index (χ4v) is 3.16. The number of thiazole rings is 1. The Morgan fingerprint density at radius 1 is 1.30 bits per heavy atom. The number of aromatic nitrogens is 3. The summed E-state index contributed by atoms with van der Waals surface area (Å²) in [4.78, 5) is 4.65. The first kappa shape index (κ1) is 13.3. The van der Waals surface area contributed by atoms with Crippen molar-refractivity contribution in [2.45, 2.75) is 26.9 Å². The van der Waals surface area contributed by atoms with Crippen molar-refractivity contribution < 1.29 is 0 Å². The summed E-state index contributed by atoms with van der Waals surface area (Å²) in [6.07, 6.45) is 2.12. The van der Waals surface area contributed by atoms with Crippen LogP contribution >= 0.6 is 11.3 Å². The maximum Gasteiger partial charge on any atom is 0.115 e. The molecule has 4 nitrogen and oxygen atoms in total. The number of benzene rings is 1.